The molecule has 0 unspecified atom stereocenters. The van der Waals surface area contributed by atoms with Gasteiger partial charge in [0.05, 0.1) is 22.9 Å². The third-order valence-corrected chi connectivity index (χ3v) is 4.07. The standard InChI is InChI=1S/C14H19Cl2N3O/c1-19(7-9-3-2-4-9)8-13(20)18-14-11(16)5-10(15)6-12(14)17/h5-6,9H,2-4,7-8,17H2,1H3,(H,18,20). The zero-order valence-corrected chi connectivity index (χ0v) is 13.0. The second-order valence-electron chi connectivity index (χ2n) is 5.39. The lowest BCUT2D eigenvalue weighted by Crippen LogP contribution is -2.35. The summed E-state index contributed by atoms with van der Waals surface area (Å²) in [5.41, 5.74) is 6.62. The van der Waals surface area contributed by atoms with E-state index in [2.05, 4.69) is 5.32 Å². The molecule has 0 saturated heterocycles. The molecule has 0 atom stereocenters. The van der Waals surface area contributed by atoms with E-state index in [1.165, 1.54) is 19.3 Å². The fraction of sp³-hybridized carbons (Fsp3) is 0.500. The molecule has 0 heterocycles. The Morgan fingerprint density at radius 2 is 2.15 bits per heavy atom. The van der Waals surface area contributed by atoms with E-state index < -0.39 is 0 Å². The number of hydrogen-bond donors (Lipinski definition) is 2. The van der Waals surface area contributed by atoms with Gasteiger partial charge in [-0.1, -0.05) is 29.6 Å². The molecule has 0 aliphatic heterocycles. The summed E-state index contributed by atoms with van der Waals surface area (Å²) in [6.07, 6.45) is 3.84. The van der Waals surface area contributed by atoms with Gasteiger partial charge >= 0.3 is 0 Å². The summed E-state index contributed by atoms with van der Waals surface area (Å²) in [5.74, 6) is 0.611. The number of nitrogens with two attached hydrogens (primary N) is 1. The number of anilines is 2. The first-order valence-electron chi connectivity index (χ1n) is 6.68. The van der Waals surface area contributed by atoms with Crippen LogP contribution in [-0.4, -0.2) is 30.9 Å². The average molecular weight is 316 g/mol. The fourth-order valence-corrected chi connectivity index (χ4v) is 2.89. The first-order chi connectivity index (χ1) is 9.45. The number of benzene rings is 1. The smallest absolute Gasteiger partial charge is 0.238 e. The van der Waals surface area contributed by atoms with E-state index in [0.717, 1.165) is 12.5 Å². The van der Waals surface area contributed by atoms with Crippen molar-refractivity contribution in [2.24, 2.45) is 5.92 Å². The van der Waals surface area contributed by atoms with Crippen LogP contribution in [0.4, 0.5) is 11.4 Å². The maximum Gasteiger partial charge on any atom is 0.238 e. The molecule has 1 aromatic rings. The van der Waals surface area contributed by atoms with Crippen LogP contribution in [0.25, 0.3) is 0 Å². The fourth-order valence-electron chi connectivity index (χ4n) is 2.33. The molecule has 1 aromatic carbocycles. The second kappa shape index (κ2) is 6.66. The van der Waals surface area contributed by atoms with Gasteiger partial charge in [-0.3, -0.25) is 9.69 Å². The highest BCUT2D eigenvalue weighted by Crippen LogP contribution is 2.32. The van der Waals surface area contributed by atoms with Gasteiger partial charge in [-0.15, -0.1) is 0 Å². The van der Waals surface area contributed by atoms with Gasteiger partial charge in [0.15, 0.2) is 0 Å². The minimum absolute atomic E-state index is 0.122. The molecule has 1 aliphatic carbocycles. The predicted molar refractivity (Wildman–Crippen MR) is 84.3 cm³/mol. The highest BCUT2D eigenvalue weighted by molar-refractivity contribution is 6.37. The zero-order chi connectivity index (χ0) is 14.7. The van der Waals surface area contributed by atoms with E-state index in [4.69, 9.17) is 28.9 Å². The number of carbonyl (C=O) groups excluding carboxylic acids is 1. The molecule has 0 bridgehead atoms. The quantitative estimate of drug-likeness (QED) is 0.820. The van der Waals surface area contributed by atoms with Crippen molar-refractivity contribution in [3.05, 3.63) is 22.2 Å². The van der Waals surface area contributed by atoms with Crippen molar-refractivity contribution in [1.82, 2.24) is 4.90 Å². The molecule has 6 heteroatoms. The Labute approximate surface area is 129 Å². The van der Waals surface area contributed by atoms with Crippen molar-refractivity contribution in [2.75, 3.05) is 31.2 Å². The monoisotopic (exact) mass is 315 g/mol. The predicted octanol–water partition coefficient (Wildman–Crippen LogP) is 3.25. The minimum Gasteiger partial charge on any atom is -0.397 e. The topological polar surface area (TPSA) is 58.4 Å². The molecule has 0 radical (unpaired) electrons. The summed E-state index contributed by atoms with van der Waals surface area (Å²) in [5, 5.41) is 3.55. The van der Waals surface area contributed by atoms with Gasteiger partial charge < -0.3 is 11.1 Å². The molecule has 20 heavy (non-hydrogen) atoms. The second-order valence-corrected chi connectivity index (χ2v) is 6.24. The Morgan fingerprint density at radius 1 is 1.45 bits per heavy atom. The lowest BCUT2D eigenvalue weighted by molar-refractivity contribution is -0.117. The van der Waals surface area contributed by atoms with Crippen LogP contribution in [-0.2, 0) is 4.79 Å². The summed E-state index contributed by atoms with van der Waals surface area (Å²) in [6.45, 7) is 1.28. The number of halogens is 2. The first-order valence-corrected chi connectivity index (χ1v) is 7.44. The number of hydrogen-bond acceptors (Lipinski definition) is 3. The number of likely N-dealkylation sites (N-methyl/N-ethyl adjacent to an activating group) is 1. The Hall–Kier alpha value is -0.970. The van der Waals surface area contributed by atoms with Crippen molar-refractivity contribution in [3.8, 4) is 0 Å². The van der Waals surface area contributed by atoms with Crippen molar-refractivity contribution < 1.29 is 4.79 Å². The molecule has 1 fully saturated rings. The molecule has 1 saturated carbocycles. The normalized spacial score (nSPS) is 15.2. The number of nitrogen functional groups attached to an aromatic ring is 1. The summed E-state index contributed by atoms with van der Waals surface area (Å²) < 4.78 is 0. The van der Waals surface area contributed by atoms with Crippen LogP contribution < -0.4 is 11.1 Å². The summed E-state index contributed by atoms with van der Waals surface area (Å²) in [4.78, 5) is 14.0. The van der Waals surface area contributed by atoms with Gasteiger partial charge in [0, 0.05) is 11.6 Å². The Morgan fingerprint density at radius 3 is 2.70 bits per heavy atom. The SMILES string of the molecule is CN(CC(=O)Nc1c(N)cc(Cl)cc1Cl)CC1CCC1. The van der Waals surface area contributed by atoms with Crippen LogP contribution in [0.2, 0.25) is 10.0 Å². The lowest BCUT2D eigenvalue weighted by Gasteiger charge is -2.29. The van der Waals surface area contributed by atoms with Gasteiger partial charge in [0.1, 0.15) is 0 Å². The number of rotatable bonds is 5. The first kappa shape index (κ1) is 15.4. The third-order valence-electron chi connectivity index (χ3n) is 3.56. The molecule has 4 nitrogen and oxygen atoms in total. The number of carbonyl (C=O) groups is 1. The summed E-state index contributed by atoms with van der Waals surface area (Å²) in [6, 6.07) is 3.13. The molecular formula is C14H19Cl2N3O. The largest absolute Gasteiger partial charge is 0.397 e. The van der Waals surface area contributed by atoms with Crippen molar-refractivity contribution in [3.63, 3.8) is 0 Å². The van der Waals surface area contributed by atoms with Crippen LogP contribution >= 0.6 is 23.2 Å². The van der Waals surface area contributed by atoms with Crippen molar-refractivity contribution >= 4 is 40.5 Å². The van der Waals surface area contributed by atoms with Crippen LogP contribution in [0.5, 0.6) is 0 Å². The van der Waals surface area contributed by atoms with E-state index in [1.54, 1.807) is 12.1 Å². The van der Waals surface area contributed by atoms with E-state index >= 15 is 0 Å². The van der Waals surface area contributed by atoms with Crippen LogP contribution in [0.1, 0.15) is 19.3 Å². The zero-order valence-electron chi connectivity index (χ0n) is 11.5. The van der Waals surface area contributed by atoms with Gasteiger partial charge in [-0.05, 0) is 37.9 Å². The molecule has 1 amide bonds. The molecule has 0 spiro atoms. The Bertz CT molecular complexity index is 480. The van der Waals surface area contributed by atoms with Gasteiger partial charge in [-0.25, -0.2) is 0 Å². The highest BCUT2D eigenvalue weighted by atomic mass is 35.5. The Balaban J connectivity index is 1.90. The molecular weight excluding hydrogens is 297 g/mol. The third kappa shape index (κ3) is 4.01. The average Bonchev–Trinajstić information content (AvgIpc) is 2.28. The molecule has 1 aliphatic rings. The molecule has 0 aromatic heterocycles. The van der Waals surface area contributed by atoms with Crippen molar-refractivity contribution in [1.29, 1.82) is 0 Å². The minimum atomic E-state index is -0.122. The van der Waals surface area contributed by atoms with Gasteiger partial charge in [0.2, 0.25) is 5.91 Å². The summed E-state index contributed by atoms with van der Waals surface area (Å²) >= 11 is 11.9. The van der Waals surface area contributed by atoms with Crippen LogP contribution in [0.3, 0.4) is 0 Å². The molecule has 110 valence electrons. The highest BCUT2D eigenvalue weighted by Gasteiger charge is 2.20. The van der Waals surface area contributed by atoms with E-state index in [-0.39, 0.29) is 5.91 Å². The van der Waals surface area contributed by atoms with E-state index in [9.17, 15) is 4.79 Å². The maximum absolute atomic E-state index is 12.0. The maximum atomic E-state index is 12.0. The number of nitrogens with one attached hydrogen (secondary N) is 1. The molecule has 3 N–H and O–H groups in total. The van der Waals surface area contributed by atoms with Gasteiger partial charge in [0.25, 0.3) is 0 Å². The van der Waals surface area contributed by atoms with E-state index in [1.807, 2.05) is 11.9 Å². The van der Waals surface area contributed by atoms with Crippen LogP contribution in [0, 0.1) is 5.92 Å². The molecule has 2 rings (SSSR count). The number of amides is 1. The van der Waals surface area contributed by atoms with E-state index in [0.29, 0.717) is 28.0 Å². The van der Waals surface area contributed by atoms with Gasteiger partial charge in [-0.2, -0.15) is 0 Å². The summed E-state index contributed by atoms with van der Waals surface area (Å²) in [7, 11) is 1.95. The number of nitrogens with zero attached hydrogens (tertiary/aromatic N) is 1. The lowest BCUT2D eigenvalue weighted by atomic mass is 9.85. The van der Waals surface area contributed by atoms with Crippen molar-refractivity contribution in [2.45, 2.75) is 19.3 Å². The Kier molecular flexibility index (Phi) is 5.13. The van der Waals surface area contributed by atoms with Crippen LogP contribution in [0.15, 0.2) is 12.1 Å².